The number of cyclic esters (lactones) is 1. The van der Waals surface area contributed by atoms with Crippen molar-refractivity contribution >= 4 is 56.6 Å². The zero-order valence-electron chi connectivity index (χ0n) is 17.0. The van der Waals surface area contributed by atoms with E-state index in [1.54, 1.807) is 35.0 Å². The summed E-state index contributed by atoms with van der Waals surface area (Å²) in [6, 6.07) is 12.4. The molecule has 2 aromatic heterocycles. The molecule has 3 heterocycles. The van der Waals surface area contributed by atoms with Crippen LogP contribution in [0.5, 0.6) is 0 Å². The summed E-state index contributed by atoms with van der Waals surface area (Å²) in [6.07, 6.45) is 0.772. The fourth-order valence-electron chi connectivity index (χ4n) is 3.48. The summed E-state index contributed by atoms with van der Waals surface area (Å²) in [5.74, 6) is -0.257. The van der Waals surface area contributed by atoms with E-state index in [-0.39, 0.29) is 18.0 Å². The van der Waals surface area contributed by atoms with Gasteiger partial charge >= 0.3 is 6.09 Å². The summed E-state index contributed by atoms with van der Waals surface area (Å²) in [5.41, 5.74) is 2.82. The van der Waals surface area contributed by atoms with Crippen molar-refractivity contribution in [2.24, 2.45) is 0 Å². The van der Waals surface area contributed by atoms with Crippen molar-refractivity contribution in [3.8, 4) is 5.69 Å². The van der Waals surface area contributed by atoms with Crippen molar-refractivity contribution in [2.45, 2.75) is 18.4 Å². The average Bonchev–Trinajstić information content (AvgIpc) is 3.38. The normalized spacial score (nSPS) is 15.7. The molecular formula is C22H19BrClN3O4S. The molecule has 1 aliphatic rings. The Morgan fingerprint density at radius 3 is 2.78 bits per heavy atom. The number of rotatable bonds is 6. The Morgan fingerprint density at radius 2 is 2.09 bits per heavy atom. The Kier molecular flexibility index (Phi) is 6.68. The second kappa shape index (κ2) is 9.48. The van der Waals surface area contributed by atoms with Crippen LogP contribution in [0.15, 0.2) is 53.5 Å². The molecular weight excluding hydrogens is 518 g/mol. The number of carbonyl (C=O) groups excluding carboxylic acids is 2. The zero-order chi connectivity index (χ0) is 22.8. The van der Waals surface area contributed by atoms with E-state index in [9.17, 15) is 14.4 Å². The van der Waals surface area contributed by atoms with Crippen LogP contribution < -0.4 is 15.8 Å². The number of amides is 2. The van der Waals surface area contributed by atoms with E-state index in [0.717, 1.165) is 11.3 Å². The smallest absolute Gasteiger partial charge is 0.414 e. The van der Waals surface area contributed by atoms with Gasteiger partial charge in [-0.3, -0.25) is 19.1 Å². The van der Waals surface area contributed by atoms with E-state index in [4.69, 9.17) is 16.3 Å². The van der Waals surface area contributed by atoms with Gasteiger partial charge in [0.05, 0.1) is 28.0 Å². The number of nitrogens with zero attached hydrogens (tertiary/aromatic N) is 2. The summed E-state index contributed by atoms with van der Waals surface area (Å²) in [5, 5.41) is 3.25. The Morgan fingerprint density at radius 1 is 1.28 bits per heavy atom. The number of nitrogens with one attached hydrogen (secondary N) is 1. The summed E-state index contributed by atoms with van der Waals surface area (Å²) in [4.78, 5) is 39.3. The second-order valence-corrected chi connectivity index (χ2v) is 9.52. The topological polar surface area (TPSA) is 80.6 Å². The van der Waals surface area contributed by atoms with E-state index < -0.39 is 12.2 Å². The molecule has 166 valence electrons. The molecule has 32 heavy (non-hydrogen) atoms. The van der Waals surface area contributed by atoms with Crippen LogP contribution in [-0.4, -0.2) is 35.8 Å². The van der Waals surface area contributed by atoms with Gasteiger partial charge in [-0.15, -0.1) is 11.3 Å². The quantitative estimate of drug-likeness (QED) is 0.470. The maximum absolute atomic E-state index is 12.6. The fraction of sp³-hybridized carbons (Fsp3) is 0.227. The lowest BCUT2D eigenvalue weighted by molar-refractivity contribution is 0.0920. The van der Waals surface area contributed by atoms with Crippen LogP contribution in [0.3, 0.4) is 0 Å². The molecule has 0 bridgehead atoms. The van der Waals surface area contributed by atoms with Crippen LogP contribution in [0.4, 0.5) is 10.5 Å². The van der Waals surface area contributed by atoms with Crippen molar-refractivity contribution in [1.29, 1.82) is 0 Å². The summed E-state index contributed by atoms with van der Waals surface area (Å²) < 4.78 is 7.54. The van der Waals surface area contributed by atoms with Crippen molar-refractivity contribution in [1.82, 2.24) is 9.88 Å². The predicted molar refractivity (Wildman–Crippen MR) is 129 cm³/mol. The number of pyridine rings is 1. The van der Waals surface area contributed by atoms with Crippen LogP contribution in [0.1, 0.15) is 20.8 Å². The number of carbonyl (C=O) groups is 2. The number of hydrogen-bond acceptors (Lipinski definition) is 5. The first-order valence-electron chi connectivity index (χ1n) is 9.76. The SMILES string of the molecule is Cc1cc(N2C[C@H](CNC(=O)c3ccc(Cl)s3)OC2=O)ccc1-n1cccc(CBr)c1=O. The molecule has 0 saturated carbocycles. The minimum atomic E-state index is -0.478. The van der Waals surface area contributed by atoms with Gasteiger partial charge in [0.15, 0.2) is 0 Å². The Hall–Kier alpha value is -2.62. The molecule has 3 aromatic rings. The molecule has 1 saturated heterocycles. The van der Waals surface area contributed by atoms with Crippen LogP contribution in [0.25, 0.3) is 5.69 Å². The van der Waals surface area contributed by atoms with Gasteiger partial charge in [0.25, 0.3) is 11.5 Å². The first-order valence-corrected chi connectivity index (χ1v) is 12.1. The first-order chi connectivity index (χ1) is 15.4. The van der Waals surface area contributed by atoms with Crippen LogP contribution in [-0.2, 0) is 10.1 Å². The molecule has 4 rings (SSSR count). The van der Waals surface area contributed by atoms with Gasteiger partial charge in [0, 0.05) is 22.8 Å². The van der Waals surface area contributed by atoms with Gasteiger partial charge in [-0.2, -0.15) is 0 Å². The molecule has 1 aliphatic heterocycles. The number of alkyl halides is 1. The summed E-state index contributed by atoms with van der Waals surface area (Å²) in [6.45, 7) is 2.39. The largest absolute Gasteiger partial charge is 0.442 e. The maximum atomic E-state index is 12.6. The van der Waals surface area contributed by atoms with Crippen molar-refractivity contribution in [2.75, 3.05) is 18.0 Å². The number of thiophene rings is 1. The number of halogens is 2. The highest BCUT2D eigenvalue weighted by molar-refractivity contribution is 9.08. The minimum Gasteiger partial charge on any atom is -0.442 e. The third kappa shape index (κ3) is 4.60. The minimum absolute atomic E-state index is 0.0939. The Labute approximate surface area is 201 Å². The fourth-order valence-corrected chi connectivity index (χ4v) is 4.86. The number of benzene rings is 1. The molecule has 1 aromatic carbocycles. The highest BCUT2D eigenvalue weighted by atomic mass is 79.9. The van der Waals surface area contributed by atoms with E-state index in [0.29, 0.717) is 32.3 Å². The molecule has 10 heteroatoms. The molecule has 1 N–H and O–H groups in total. The first kappa shape index (κ1) is 22.6. The van der Waals surface area contributed by atoms with Crippen LogP contribution in [0.2, 0.25) is 4.34 Å². The monoisotopic (exact) mass is 535 g/mol. The van der Waals surface area contributed by atoms with Gasteiger partial charge in [-0.1, -0.05) is 33.6 Å². The highest BCUT2D eigenvalue weighted by Crippen LogP contribution is 2.26. The molecule has 0 unspecified atom stereocenters. The third-order valence-corrected chi connectivity index (χ3v) is 6.92. The van der Waals surface area contributed by atoms with E-state index >= 15 is 0 Å². The number of ether oxygens (including phenoxy) is 1. The summed E-state index contributed by atoms with van der Waals surface area (Å²) in [7, 11) is 0. The third-order valence-electron chi connectivity index (χ3n) is 5.08. The lowest BCUT2D eigenvalue weighted by Crippen LogP contribution is -2.34. The van der Waals surface area contributed by atoms with Crippen LogP contribution >= 0.6 is 38.9 Å². The van der Waals surface area contributed by atoms with Gasteiger partial charge in [-0.05, 0) is 48.9 Å². The lowest BCUT2D eigenvalue weighted by Gasteiger charge is -2.16. The van der Waals surface area contributed by atoms with Crippen LogP contribution in [0, 0.1) is 6.92 Å². The maximum Gasteiger partial charge on any atom is 0.414 e. The molecule has 1 atom stereocenters. The second-order valence-electron chi connectivity index (χ2n) is 7.24. The number of aromatic nitrogens is 1. The van der Waals surface area contributed by atoms with Gasteiger partial charge < -0.3 is 10.1 Å². The van der Waals surface area contributed by atoms with Gasteiger partial charge in [0.1, 0.15) is 6.10 Å². The molecule has 0 radical (unpaired) electrons. The molecule has 0 spiro atoms. The van der Waals surface area contributed by atoms with E-state index in [2.05, 4.69) is 21.2 Å². The van der Waals surface area contributed by atoms with Gasteiger partial charge in [0.2, 0.25) is 0 Å². The Bertz CT molecular complexity index is 1240. The number of anilines is 1. The van der Waals surface area contributed by atoms with Gasteiger partial charge in [-0.25, -0.2) is 4.79 Å². The molecule has 1 fully saturated rings. The standard InChI is InChI=1S/C22H19BrClN3O4S/c1-13-9-15(4-5-17(13)26-8-2-3-14(10-23)21(26)29)27-12-16(31-22(27)30)11-25-20(28)18-6-7-19(24)32-18/h2-9,16H,10-12H2,1H3,(H,25,28)/t16-/m0/s1. The summed E-state index contributed by atoms with van der Waals surface area (Å²) >= 11 is 10.4. The van der Waals surface area contributed by atoms with Crippen molar-refractivity contribution < 1.29 is 14.3 Å². The average molecular weight is 537 g/mol. The van der Waals surface area contributed by atoms with Crippen molar-refractivity contribution in [3.05, 3.63) is 79.4 Å². The lowest BCUT2D eigenvalue weighted by atomic mass is 10.1. The molecule has 7 nitrogen and oxygen atoms in total. The highest BCUT2D eigenvalue weighted by Gasteiger charge is 2.33. The number of hydrogen-bond donors (Lipinski definition) is 1. The Balaban J connectivity index is 1.46. The zero-order valence-corrected chi connectivity index (χ0v) is 20.2. The van der Waals surface area contributed by atoms with E-state index in [1.165, 1.54) is 16.2 Å². The van der Waals surface area contributed by atoms with E-state index in [1.807, 2.05) is 25.1 Å². The predicted octanol–water partition coefficient (Wildman–Crippen LogP) is 4.51. The number of aryl methyl sites for hydroxylation is 1. The molecule has 0 aliphatic carbocycles. The van der Waals surface area contributed by atoms with Crippen molar-refractivity contribution in [3.63, 3.8) is 0 Å². The molecule has 2 amide bonds.